The van der Waals surface area contributed by atoms with Gasteiger partial charge in [0.1, 0.15) is 5.60 Å². The molecule has 0 aliphatic carbocycles. The highest BCUT2D eigenvalue weighted by atomic mass is 32.2. The van der Waals surface area contributed by atoms with Gasteiger partial charge in [-0.25, -0.2) is 13.2 Å². The Bertz CT molecular complexity index is 1080. The normalized spacial score (nSPS) is 21.3. The first-order valence-electron chi connectivity index (χ1n) is 10.7. The van der Waals surface area contributed by atoms with Gasteiger partial charge >= 0.3 is 6.09 Å². The molecule has 0 unspecified atom stereocenters. The van der Waals surface area contributed by atoms with E-state index in [2.05, 4.69) is 11.9 Å². The molecule has 2 atom stereocenters. The SMILES string of the molecule is CN1c2ccc(S(=O)(=O)c3ccccc3)cc2[C@H]2CCN(C(=O)OC(C)(C)C)CC[C@H]21. The molecule has 2 aromatic rings. The number of carbonyl (C=O) groups excluding carboxylic acids is 1. The van der Waals surface area contributed by atoms with Crippen LogP contribution in [0.3, 0.4) is 0 Å². The van der Waals surface area contributed by atoms with Gasteiger partial charge in [-0.2, -0.15) is 0 Å². The van der Waals surface area contributed by atoms with Crippen molar-refractivity contribution >= 4 is 21.6 Å². The van der Waals surface area contributed by atoms with E-state index in [0.717, 1.165) is 24.1 Å². The molecule has 2 aliphatic heterocycles. The van der Waals surface area contributed by atoms with Gasteiger partial charge in [-0.3, -0.25) is 0 Å². The summed E-state index contributed by atoms with van der Waals surface area (Å²) >= 11 is 0. The predicted molar refractivity (Wildman–Crippen MR) is 120 cm³/mol. The third kappa shape index (κ3) is 4.15. The summed E-state index contributed by atoms with van der Waals surface area (Å²) < 4.78 is 31.8. The molecule has 0 spiro atoms. The monoisotopic (exact) mass is 442 g/mol. The number of amides is 1. The lowest BCUT2D eigenvalue weighted by Gasteiger charge is -2.27. The maximum Gasteiger partial charge on any atom is 0.410 e. The lowest BCUT2D eigenvalue weighted by molar-refractivity contribution is 0.0255. The molecule has 7 heteroatoms. The second-order valence-corrected chi connectivity index (χ2v) is 11.3. The Morgan fingerprint density at radius 3 is 2.35 bits per heavy atom. The number of sulfone groups is 1. The lowest BCUT2D eigenvalue weighted by atomic mass is 9.91. The largest absolute Gasteiger partial charge is 0.444 e. The standard InChI is InChI=1S/C24H30N2O4S/c1-24(2,3)30-23(27)26-14-12-19-20-16-18(31(28,29)17-8-6-5-7-9-17)10-11-21(20)25(4)22(19)13-15-26/h5-11,16,19,22H,12-15H2,1-4H3/t19-,22-/m1/s1. The third-order valence-corrected chi connectivity index (χ3v) is 7.93. The summed E-state index contributed by atoms with van der Waals surface area (Å²) in [5.41, 5.74) is 1.60. The summed E-state index contributed by atoms with van der Waals surface area (Å²) in [7, 11) is -1.52. The van der Waals surface area contributed by atoms with E-state index in [1.165, 1.54) is 0 Å². The molecule has 2 heterocycles. The predicted octanol–water partition coefficient (Wildman–Crippen LogP) is 4.45. The third-order valence-electron chi connectivity index (χ3n) is 6.16. The van der Waals surface area contributed by atoms with Gasteiger partial charge in [0, 0.05) is 37.8 Å². The average molecular weight is 443 g/mol. The average Bonchev–Trinajstić information content (AvgIpc) is 2.86. The van der Waals surface area contributed by atoms with Crippen LogP contribution in [-0.2, 0) is 14.6 Å². The van der Waals surface area contributed by atoms with Crippen LogP contribution in [0.5, 0.6) is 0 Å². The van der Waals surface area contributed by atoms with Crippen LogP contribution in [-0.4, -0.2) is 51.2 Å². The molecule has 31 heavy (non-hydrogen) atoms. The second kappa shape index (κ2) is 7.86. The Morgan fingerprint density at radius 1 is 1.00 bits per heavy atom. The van der Waals surface area contributed by atoms with Crippen LogP contribution in [0, 0.1) is 0 Å². The van der Waals surface area contributed by atoms with Crippen LogP contribution < -0.4 is 4.90 Å². The molecule has 2 aromatic carbocycles. The summed E-state index contributed by atoms with van der Waals surface area (Å²) in [6.45, 7) is 6.84. The van der Waals surface area contributed by atoms with Gasteiger partial charge in [0.2, 0.25) is 9.84 Å². The van der Waals surface area contributed by atoms with Crippen molar-refractivity contribution in [2.24, 2.45) is 0 Å². The van der Waals surface area contributed by atoms with E-state index in [1.54, 1.807) is 35.2 Å². The van der Waals surface area contributed by atoms with E-state index < -0.39 is 15.4 Å². The van der Waals surface area contributed by atoms with E-state index in [-0.39, 0.29) is 18.1 Å². The first kappa shape index (κ1) is 21.7. The number of likely N-dealkylation sites (N-methyl/N-ethyl adjacent to an activating group) is 1. The first-order valence-corrected chi connectivity index (χ1v) is 12.2. The van der Waals surface area contributed by atoms with Gasteiger partial charge in [0.15, 0.2) is 0 Å². The number of nitrogens with zero attached hydrogens (tertiary/aromatic N) is 2. The lowest BCUT2D eigenvalue weighted by Crippen LogP contribution is -2.38. The smallest absolute Gasteiger partial charge is 0.410 e. The molecular weight excluding hydrogens is 412 g/mol. The fraction of sp³-hybridized carbons (Fsp3) is 0.458. The van der Waals surface area contributed by atoms with Crippen LogP contribution >= 0.6 is 0 Å². The molecule has 0 radical (unpaired) electrons. The quantitative estimate of drug-likeness (QED) is 0.687. The van der Waals surface area contributed by atoms with E-state index in [0.29, 0.717) is 22.9 Å². The number of benzene rings is 2. The number of hydrogen-bond acceptors (Lipinski definition) is 5. The summed E-state index contributed by atoms with van der Waals surface area (Å²) in [4.78, 5) is 17.2. The molecule has 6 nitrogen and oxygen atoms in total. The number of fused-ring (bicyclic) bond motifs is 3. The van der Waals surface area contributed by atoms with Gasteiger partial charge in [-0.1, -0.05) is 18.2 Å². The molecule has 1 saturated heterocycles. The van der Waals surface area contributed by atoms with E-state index in [1.807, 2.05) is 39.0 Å². The number of anilines is 1. The molecule has 1 amide bonds. The number of carbonyl (C=O) groups is 1. The number of rotatable bonds is 2. The van der Waals surface area contributed by atoms with Crippen LogP contribution in [0.15, 0.2) is 58.3 Å². The molecule has 0 saturated carbocycles. The molecule has 1 fully saturated rings. The van der Waals surface area contributed by atoms with Crippen LogP contribution in [0.1, 0.15) is 45.1 Å². The number of hydrogen-bond donors (Lipinski definition) is 0. The topological polar surface area (TPSA) is 66.9 Å². The van der Waals surface area contributed by atoms with Crippen molar-refractivity contribution in [1.29, 1.82) is 0 Å². The second-order valence-electron chi connectivity index (χ2n) is 9.37. The van der Waals surface area contributed by atoms with Crippen molar-refractivity contribution in [1.82, 2.24) is 4.90 Å². The van der Waals surface area contributed by atoms with Crippen LogP contribution in [0.4, 0.5) is 10.5 Å². The van der Waals surface area contributed by atoms with Crippen molar-refractivity contribution in [3.05, 3.63) is 54.1 Å². The highest BCUT2D eigenvalue weighted by Gasteiger charge is 2.40. The minimum absolute atomic E-state index is 0.179. The molecule has 0 aromatic heterocycles. The highest BCUT2D eigenvalue weighted by Crippen LogP contribution is 2.45. The van der Waals surface area contributed by atoms with Gasteiger partial charge in [0.25, 0.3) is 0 Å². The minimum atomic E-state index is -3.57. The maximum absolute atomic E-state index is 13.1. The summed E-state index contributed by atoms with van der Waals surface area (Å²) in [6, 6.07) is 14.2. The van der Waals surface area contributed by atoms with Crippen LogP contribution in [0.2, 0.25) is 0 Å². The Hall–Kier alpha value is -2.54. The fourth-order valence-electron chi connectivity index (χ4n) is 4.66. The van der Waals surface area contributed by atoms with Gasteiger partial charge < -0.3 is 14.5 Å². The zero-order chi connectivity index (χ0) is 22.4. The zero-order valence-corrected chi connectivity index (χ0v) is 19.4. The van der Waals surface area contributed by atoms with E-state index in [4.69, 9.17) is 4.74 Å². The van der Waals surface area contributed by atoms with Crippen molar-refractivity contribution in [2.75, 3.05) is 25.0 Å². The zero-order valence-electron chi connectivity index (χ0n) is 18.5. The molecule has 0 bridgehead atoms. The van der Waals surface area contributed by atoms with Crippen molar-refractivity contribution in [3.8, 4) is 0 Å². The Balaban J connectivity index is 1.61. The molecule has 2 aliphatic rings. The van der Waals surface area contributed by atoms with Gasteiger partial charge in [-0.15, -0.1) is 0 Å². The summed E-state index contributed by atoms with van der Waals surface area (Å²) in [5, 5.41) is 0. The van der Waals surface area contributed by atoms with E-state index >= 15 is 0 Å². The van der Waals surface area contributed by atoms with Gasteiger partial charge in [-0.05, 0) is 69.5 Å². The minimum Gasteiger partial charge on any atom is -0.444 e. The summed E-state index contributed by atoms with van der Waals surface area (Å²) in [6.07, 6.45) is 1.31. The molecular formula is C24H30N2O4S. The van der Waals surface area contributed by atoms with Crippen molar-refractivity contribution in [2.45, 2.75) is 61.0 Å². The number of ether oxygens (including phenoxy) is 1. The fourth-order valence-corrected chi connectivity index (χ4v) is 5.97. The molecule has 4 rings (SSSR count). The molecule has 166 valence electrons. The Morgan fingerprint density at radius 2 is 1.68 bits per heavy atom. The number of likely N-dealkylation sites (tertiary alicyclic amines) is 1. The Labute approximate surface area is 184 Å². The van der Waals surface area contributed by atoms with E-state index in [9.17, 15) is 13.2 Å². The Kier molecular flexibility index (Phi) is 5.50. The first-order chi connectivity index (χ1) is 14.6. The summed E-state index contributed by atoms with van der Waals surface area (Å²) in [5.74, 6) is 0.179. The van der Waals surface area contributed by atoms with Gasteiger partial charge in [0.05, 0.1) is 9.79 Å². The van der Waals surface area contributed by atoms with Crippen LogP contribution in [0.25, 0.3) is 0 Å². The molecule has 0 N–H and O–H groups in total. The van der Waals surface area contributed by atoms with Crippen molar-refractivity contribution in [3.63, 3.8) is 0 Å². The highest BCUT2D eigenvalue weighted by molar-refractivity contribution is 7.91. The maximum atomic E-state index is 13.1. The van der Waals surface area contributed by atoms with Crippen molar-refractivity contribution < 1.29 is 17.9 Å².